The highest BCUT2D eigenvalue weighted by Crippen LogP contribution is 2.44. The summed E-state index contributed by atoms with van der Waals surface area (Å²) in [5.41, 5.74) is 3.70. The van der Waals surface area contributed by atoms with Crippen LogP contribution in [0.4, 0.5) is 0 Å². The first-order valence-corrected chi connectivity index (χ1v) is 13.5. The zero-order valence-electron chi connectivity index (χ0n) is 21.2. The van der Waals surface area contributed by atoms with Gasteiger partial charge in [0.15, 0.2) is 0 Å². The molecule has 0 aliphatic heterocycles. The molecule has 0 saturated heterocycles. The van der Waals surface area contributed by atoms with E-state index in [9.17, 15) is 0 Å². The second-order valence-corrected chi connectivity index (χ2v) is 10.5. The molecule has 1 heteroatoms. The van der Waals surface area contributed by atoms with Crippen LogP contribution in [0.25, 0.3) is 81.4 Å². The van der Waals surface area contributed by atoms with Gasteiger partial charge in [-0.15, -0.1) is 0 Å². The highest BCUT2D eigenvalue weighted by atomic mass is 15.0. The van der Waals surface area contributed by atoms with Crippen molar-refractivity contribution in [1.82, 2.24) is 4.57 Å². The van der Waals surface area contributed by atoms with Gasteiger partial charge < -0.3 is 4.57 Å². The van der Waals surface area contributed by atoms with Crippen LogP contribution in [-0.4, -0.2) is 4.57 Å². The monoisotopic (exact) mass is 493 g/mol. The molecule has 9 rings (SSSR count). The van der Waals surface area contributed by atoms with Gasteiger partial charge in [-0.1, -0.05) is 121 Å². The molecule has 9 aromatic rings. The molecule has 0 bridgehead atoms. The third-order valence-corrected chi connectivity index (χ3v) is 8.51. The predicted octanol–water partition coefficient (Wildman–Crippen LogP) is 10.5. The van der Waals surface area contributed by atoms with Gasteiger partial charge in [-0.2, -0.15) is 0 Å². The maximum Gasteiger partial charge on any atom is 0.0626 e. The smallest absolute Gasteiger partial charge is 0.0626 e. The van der Waals surface area contributed by atoms with Crippen molar-refractivity contribution < 1.29 is 0 Å². The Morgan fingerprint density at radius 1 is 0.333 bits per heavy atom. The van der Waals surface area contributed by atoms with Gasteiger partial charge in [-0.05, 0) is 61.3 Å². The van der Waals surface area contributed by atoms with Crippen LogP contribution in [0.3, 0.4) is 0 Å². The molecule has 8 aromatic carbocycles. The molecule has 0 atom stereocenters. The Bertz CT molecular complexity index is 2440. The van der Waals surface area contributed by atoms with E-state index in [1.165, 1.54) is 81.4 Å². The lowest BCUT2D eigenvalue weighted by Crippen LogP contribution is -1.95. The average Bonchev–Trinajstić information content (AvgIpc) is 3.36. The zero-order chi connectivity index (χ0) is 25.5. The Morgan fingerprint density at radius 3 is 1.74 bits per heavy atom. The Hall–Kier alpha value is -5.14. The van der Waals surface area contributed by atoms with Crippen LogP contribution in [0.15, 0.2) is 140 Å². The summed E-state index contributed by atoms with van der Waals surface area (Å²) in [5.74, 6) is 0. The Labute approximate surface area is 225 Å². The van der Waals surface area contributed by atoms with Crippen molar-refractivity contribution in [3.8, 4) is 5.69 Å². The van der Waals surface area contributed by atoms with E-state index in [0.717, 1.165) is 0 Å². The molecular weight excluding hydrogens is 470 g/mol. The first kappa shape index (κ1) is 20.9. The SMILES string of the molecule is c1ccc2c(c1)ccc1cc(-n3c4ccccc4c4c5c6ccccc6ccc5c5ccccc5c43)ccc12. The number of benzene rings is 8. The molecule has 0 unspecified atom stereocenters. The number of nitrogens with zero attached hydrogens (tertiary/aromatic N) is 1. The minimum Gasteiger partial charge on any atom is -0.309 e. The fourth-order valence-corrected chi connectivity index (χ4v) is 6.85. The molecule has 0 aliphatic rings. The molecule has 0 aliphatic carbocycles. The summed E-state index contributed by atoms with van der Waals surface area (Å²) in [7, 11) is 0. The second-order valence-electron chi connectivity index (χ2n) is 10.5. The number of fused-ring (bicyclic) bond motifs is 13. The largest absolute Gasteiger partial charge is 0.309 e. The van der Waals surface area contributed by atoms with Gasteiger partial charge >= 0.3 is 0 Å². The number of para-hydroxylation sites is 1. The standard InChI is InChI=1S/C38H23N/c1-3-11-28-24(9-1)17-18-26-23-27(20-22-29(26)28)39-35-16-8-7-15-34(35)37-36-30-12-4-2-10-25(30)19-21-32(36)31-13-5-6-14-33(31)38(37)39/h1-23H. The molecule has 1 aromatic heterocycles. The Morgan fingerprint density at radius 2 is 0.897 bits per heavy atom. The molecule has 0 amide bonds. The van der Waals surface area contributed by atoms with Gasteiger partial charge in [0.1, 0.15) is 0 Å². The molecule has 180 valence electrons. The molecule has 0 radical (unpaired) electrons. The van der Waals surface area contributed by atoms with E-state index in [2.05, 4.69) is 144 Å². The summed E-state index contributed by atoms with van der Waals surface area (Å²) in [6.45, 7) is 0. The maximum absolute atomic E-state index is 2.49. The third-order valence-electron chi connectivity index (χ3n) is 8.51. The van der Waals surface area contributed by atoms with Gasteiger partial charge in [0.2, 0.25) is 0 Å². The van der Waals surface area contributed by atoms with E-state index in [-0.39, 0.29) is 0 Å². The fourth-order valence-electron chi connectivity index (χ4n) is 6.85. The summed E-state index contributed by atoms with van der Waals surface area (Å²) in [5, 5.41) is 15.5. The summed E-state index contributed by atoms with van der Waals surface area (Å²) in [6.07, 6.45) is 0. The van der Waals surface area contributed by atoms with Crippen LogP contribution >= 0.6 is 0 Å². The number of hydrogen-bond acceptors (Lipinski definition) is 0. The Balaban J connectivity index is 1.52. The molecule has 0 saturated carbocycles. The number of hydrogen-bond donors (Lipinski definition) is 0. The second kappa shape index (κ2) is 7.69. The number of aromatic nitrogens is 1. The summed E-state index contributed by atoms with van der Waals surface area (Å²) in [6, 6.07) is 51.3. The Kier molecular flexibility index (Phi) is 4.11. The molecule has 1 heterocycles. The molecule has 0 N–H and O–H groups in total. The molecular formula is C38H23N. The molecule has 0 spiro atoms. The van der Waals surface area contributed by atoms with Gasteiger partial charge in [-0.25, -0.2) is 0 Å². The lowest BCUT2D eigenvalue weighted by atomic mass is 9.93. The van der Waals surface area contributed by atoms with Gasteiger partial charge in [0.25, 0.3) is 0 Å². The maximum atomic E-state index is 2.49. The van der Waals surface area contributed by atoms with E-state index < -0.39 is 0 Å². The van der Waals surface area contributed by atoms with E-state index in [1.54, 1.807) is 0 Å². The van der Waals surface area contributed by atoms with Crippen LogP contribution in [0.5, 0.6) is 0 Å². The first-order valence-electron chi connectivity index (χ1n) is 13.5. The lowest BCUT2D eigenvalue weighted by Gasteiger charge is -2.14. The van der Waals surface area contributed by atoms with Gasteiger partial charge in [-0.3, -0.25) is 0 Å². The van der Waals surface area contributed by atoms with Crippen LogP contribution in [0, 0.1) is 0 Å². The third kappa shape index (κ3) is 2.79. The van der Waals surface area contributed by atoms with Gasteiger partial charge in [0, 0.05) is 27.2 Å². The first-order chi connectivity index (χ1) is 19.4. The molecule has 1 nitrogen and oxygen atoms in total. The predicted molar refractivity (Wildman–Crippen MR) is 168 cm³/mol. The van der Waals surface area contributed by atoms with E-state index in [4.69, 9.17) is 0 Å². The normalized spacial score (nSPS) is 12.1. The van der Waals surface area contributed by atoms with Crippen LogP contribution < -0.4 is 0 Å². The zero-order valence-corrected chi connectivity index (χ0v) is 21.2. The van der Waals surface area contributed by atoms with E-state index >= 15 is 0 Å². The van der Waals surface area contributed by atoms with Crippen molar-refractivity contribution in [3.63, 3.8) is 0 Å². The van der Waals surface area contributed by atoms with Crippen molar-refractivity contribution in [2.75, 3.05) is 0 Å². The molecule has 39 heavy (non-hydrogen) atoms. The van der Waals surface area contributed by atoms with Crippen LogP contribution in [0.2, 0.25) is 0 Å². The lowest BCUT2D eigenvalue weighted by molar-refractivity contribution is 1.19. The highest BCUT2D eigenvalue weighted by Gasteiger charge is 2.20. The van der Waals surface area contributed by atoms with E-state index in [1.807, 2.05) is 0 Å². The minimum absolute atomic E-state index is 1.19. The highest BCUT2D eigenvalue weighted by molar-refractivity contribution is 6.36. The van der Waals surface area contributed by atoms with E-state index in [0.29, 0.717) is 0 Å². The van der Waals surface area contributed by atoms with Crippen molar-refractivity contribution in [2.24, 2.45) is 0 Å². The van der Waals surface area contributed by atoms with Crippen LogP contribution in [0.1, 0.15) is 0 Å². The summed E-state index contributed by atoms with van der Waals surface area (Å²) >= 11 is 0. The van der Waals surface area contributed by atoms with Crippen molar-refractivity contribution in [2.45, 2.75) is 0 Å². The van der Waals surface area contributed by atoms with Crippen molar-refractivity contribution in [3.05, 3.63) is 140 Å². The summed E-state index contributed by atoms with van der Waals surface area (Å²) < 4.78 is 2.49. The summed E-state index contributed by atoms with van der Waals surface area (Å²) in [4.78, 5) is 0. The van der Waals surface area contributed by atoms with Crippen LogP contribution in [-0.2, 0) is 0 Å². The van der Waals surface area contributed by atoms with Crippen molar-refractivity contribution in [1.29, 1.82) is 0 Å². The molecule has 0 fully saturated rings. The van der Waals surface area contributed by atoms with Gasteiger partial charge in [0.05, 0.1) is 11.0 Å². The quantitative estimate of drug-likeness (QED) is 0.200. The number of rotatable bonds is 1. The minimum atomic E-state index is 1.19. The topological polar surface area (TPSA) is 4.93 Å². The fraction of sp³-hybridized carbons (Fsp3) is 0. The van der Waals surface area contributed by atoms with Crippen molar-refractivity contribution >= 4 is 75.7 Å². The average molecular weight is 494 g/mol.